The van der Waals surface area contributed by atoms with Gasteiger partial charge in [0.25, 0.3) is 5.56 Å². The standard InChI is InChI=1S/C26H25ClN4O5/c1-36-24-11-7-18(15-28-24)17-5-2-16(3-6-17)4-10-23(32)21(26(34)35)12-13-31-25(33)20-9-8-19(27)14-22(20)29-30-31/h2-3,5-9,11,14-15,21,23,32H,4,10,12-13H2,1H3,(H,34,35)/t21?,23-/m1/s1. The van der Waals surface area contributed by atoms with Crippen molar-refractivity contribution in [3.05, 3.63) is 81.7 Å². The van der Waals surface area contributed by atoms with E-state index in [1.54, 1.807) is 37.6 Å². The molecular weight excluding hydrogens is 484 g/mol. The lowest BCUT2D eigenvalue weighted by atomic mass is 9.93. The lowest BCUT2D eigenvalue weighted by molar-refractivity contribution is -0.146. The summed E-state index contributed by atoms with van der Waals surface area (Å²) in [6, 6.07) is 16.2. The summed E-state index contributed by atoms with van der Waals surface area (Å²) in [6.45, 7) is 0.0169. The van der Waals surface area contributed by atoms with E-state index in [1.165, 1.54) is 0 Å². The van der Waals surface area contributed by atoms with Gasteiger partial charge in [-0.25, -0.2) is 9.67 Å². The highest BCUT2D eigenvalue weighted by Gasteiger charge is 2.26. The molecule has 0 saturated heterocycles. The molecule has 36 heavy (non-hydrogen) atoms. The number of carbonyl (C=O) groups is 1. The average molecular weight is 509 g/mol. The maximum atomic E-state index is 12.7. The topological polar surface area (TPSA) is 127 Å². The highest BCUT2D eigenvalue weighted by atomic mass is 35.5. The fraction of sp³-hybridized carbons (Fsp3) is 0.269. The number of aliphatic hydroxyl groups is 1. The predicted octanol–water partition coefficient (Wildman–Crippen LogP) is 3.60. The Morgan fingerprint density at radius 2 is 1.83 bits per heavy atom. The molecule has 10 heteroatoms. The maximum absolute atomic E-state index is 12.7. The first-order valence-corrected chi connectivity index (χ1v) is 11.8. The van der Waals surface area contributed by atoms with E-state index in [2.05, 4.69) is 15.3 Å². The van der Waals surface area contributed by atoms with Crippen LogP contribution in [0.2, 0.25) is 5.02 Å². The molecular formula is C26H25ClN4O5. The van der Waals surface area contributed by atoms with Gasteiger partial charge in [-0.1, -0.05) is 41.1 Å². The molecule has 0 aliphatic heterocycles. The maximum Gasteiger partial charge on any atom is 0.309 e. The Bertz CT molecular complexity index is 1410. The summed E-state index contributed by atoms with van der Waals surface area (Å²) in [5.41, 5.74) is 2.89. The highest BCUT2D eigenvalue weighted by molar-refractivity contribution is 6.31. The molecule has 4 rings (SSSR count). The minimum atomic E-state index is -1.13. The molecule has 2 N–H and O–H groups in total. The molecule has 0 saturated carbocycles. The van der Waals surface area contributed by atoms with Crippen molar-refractivity contribution in [3.63, 3.8) is 0 Å². The number of nitrogens with zero attached hydrogens (tertiary/aromatic N) is 4. The number of carboxylic acid groups (broad SMARTS) is 1. The smallest absolute Gasteiger partial charge is 0.309 e. The van der Waals surface area contributed by atoms with Crippen LogP contribution in [0.25, 0.3) is 22.0 Å². The molecule has 2 atom stereocenters. The molecule has 0 aliphatic rings. The van der Waals surface area contributed by atoms with Gasteiger partial charge in [-0.05, 0) is 54.7 Å². The molecule has 0 radical (unpaired) electrons. The van der Waals surface area contributed by atoms with E-state index in [9.17, 15) is 19.8 Å². The second-order valence-corrected chi connectivity index (χ2v) is 8.84. The van der Waals surface area contributed by atoms with Crippen molar-refractivity contribution < 1.29 is 19.7 Å². The Kier molecular flexibility index (Phi) is 7.92. The molecule has 0 bridgehead atoms. The van der Waals surface area contributed by atoms with Crippen LogP contribution in [0.1, 0.15) is 18.4 Å². The monoisotopic (exact) mass is 508 g/mol. The predicted molar refractivity (Wildman–Crippen MR) is 135 cm³/mol. The van der Waals surface area contributed by atoms with Crippen LogP contribution in [-0.2, 0) is 17.8 Å². The average Bonchev–Trinajstić information content (AvgIpc) is 2.89. The zero-order valence-electron chi connectivity index (χ0n) is 19.5. The summed E-state index contributed by atoms with van der Waals surface area (Å²) in [5, 5.41) is 29.0. The van der Waals surface area contributed by atoms with Crippen LogP contribution in [0.4, 0.5) is 0 Å². The van der Waals surface area contributed by atoms with Gasteiger partial charge in [0.2, 0.25) is 5.88 Å². The van der Waals surface area contributed by atoms with Crippen LogP contribution in [0.3, 0.4) is 0 Å². The van der Waals surface area contributed by atoms with Crippen molar-refractivity contribution >= 4 is 28.5 Å². The number of ether oxygens (including phenoxy) is 1. The number of carboxylic acids is 1. The summed E-state index contributed by atoms with van der Waals surface area (Å²) in [7, 11) is 1.56. The van der Waals surface area contributed by atoms with Gasteiger partial charge in [-0.2, -0.15) is 0 Å². The molecule has 0 aliphatic carbocycles. The van der Waals surface area contributed by atoms with Crippen molar-refractivity contribution in [2.75, 3.05) is 7.11 Å². The first-order valence-electron chi connectivity index (χ1n) is 11.4. The summed E-state index contributed by atoms with van der Waals surface area (Å²) in [4.78, 5) is 28.7. The number of hydrogen-bond acceptors (Lipinski definition) is 7. The van der Waals surface area contributed by atoms with Crippen LogP contribution >= 0.6 is 11.6 Å². The Morgan fingerprint density at radius 3 is 2.50 bits per heavy atom. The van der Waals surface area contributed by atoms with Gasteiger partial charge >= 0.3 is 5.97 Å². The lowest BCUT2D eigenvalue weighted by Gasteiger charge is -2.19. The number of rotatable bonds is 10. The molecule has 2 aromatic carbocycles. The van der Waals surface area contributed by atoms with E-state index in [0.717, 1.165) is 21.4 Å². The number of methoxy groups -OCH3 is 1. The van der Waals surface area contributed by atoms with Gasteiger partial charge in [0.1, 0.15) is 5.52 Å². The molecule has 9 nitrogen and oxygen atoms in total. The molecule has 0 spiro atoms. The quantitative estimate of drug-likeness (QED) is 0.332. The fourth-order valence-electron chi connectivity index (χ4n) is 3.99. The molecule has 186 valence electrons. The largest absolute Gasteiger partial charge is 0.481 e. The fourth-order valence-corrected chi connectivity index (χ4v) is 4.16. The Morgan fingerprint density at radius 1 is 1.08 bits per heavy atom. The minimum Gasteiger partial charge on any atom is -0.481 e. The van der Waals surface area contributed by atoms with Gasteiger partial charge in [0.15, 0.2) is 0 Å². The molecule has 2 heterocycles. The molecule has 4 aromatic rings. The second-order valence-electron chi connectivity index (χ2n) is 8.40. The van der Waals surface area contributed by atoms with Gasteiger partial charge in [-0.15, -0.1) is 5.10 Å². The van der Waals surface area contributed by atoms with Crippen molar-refractivity contribution in [1.29, 1.82) is 0 Å². The van der Waals surface area contributed by atoms with Gasteiger partial charge in [0, 0.05) is 29.4 Å². The van der Waals surface area contributed by atoms with E-state index in [0.29, 0.717) is 28.2 Å². The first kappa shape index (κ1) is 25.3. The van der Waals surface area contributed by atoms with Gasteiger partial charge in [0.05, 0.1) is 24.5 Å². The van der Waals surface area contributed by atoms with Crippen LogP contribution in [0, 0.1) is 5.92 Å². The number of halogens is 1. The highest BCUT2D eigenvalue weighted by Crippen LogP contribution is 2.22. The van der Waals surface area contributed by atoms with E-state index >= 15 is 0 Å². The van der Waals surface area contributed by atoms with Crippen molar-refractivity contribution in [2.24, 2.45) is 5.92 Å². The third kappa shape index (κ3) is 5.87. The molecule has 2 aromatic heterocycles. The SMILES string of the molecule is COc1ccc(-c2ccc(CC[C@@H](O)C(CCn3nnc4cc(Cl)ccc4c3=O)C(=O)O)cc2)cn1. The summed E-state index contributed by atoms with van der Waals surface area (Å²) in [6.07, 6.45) is 1.44. The Balaban J connectivity index is 1.37. The van der Waals surface area contributed by atoms with Crippen LogP contribution in [-0.4, -0.2) is 49.4 Å². The number of aryl methyl sites for hydroxylation is 2. The third-order valence-corrected chi connectivity index (χ3v) is 6.32. The Hall–Kier alpha value is -3.82. The van der Waals surface area contributed by atoms with Gasteiger partial charge in [-0.3, -0.25) is 9.59 Å². The van der Waals surface area contributed by atoms with Crippen LogP contribution < -0.4 is 10.3 Å². The first-order chi connectivity index (χ1) is 17.4. The van der Waals surface area contributed by atoms with Gasteiger partial charge < -0.3 is 14.9 Å². The summed E-state index contributed by atoms with van der Waals surface area (Å²) >= 11 is 5.93. The van der Waals surface area contributed by atoms with Crippen LogP contribution in [0.15, 0.2) is 65.6 Å². The normalized spacial score (nSPS) is 12.9. The number of fused-ring (bicyclic) bond motifs is 1. The van der Waals surface area contributed by atoms with Crippen molar-refractivity contribution in [1.82, 2.24) is 20.0 Å². The molecule has 0 fully saturated rings. The third-order valence-electron chi connectivity index (χ3n) is 6.08. The van der Waals surface area contributed by atoms with Crippen LogP contribution in [0.5, 0.6) is 5.88 Å². The molecule has 0 amide bonds. The zero-order chi connectivity index (χ0) is 25.7. The van der Waals surface area contributed by atoms with E-state index < -0.39 is 18.0 Å². The van der Waals surface area contributed by atoms with Crippen molar-refractivity contribution in [3.8, 4) is 17.0 Å². The van der Waals surface area contributed by atoms with E-state index in [1.807, 2.05) is 30.3 Å². The number of benzene rings is 2. The number of aliphatic hydroxyl groups excluding tert-OH is 1. The lowest BCUT2D eigenvalue weighted by Crippen LogP contribution is -2.32. The summed E-state index contributed by atoms with van der Waals surface area (Å²) < 4.78 is 6.20. The molecule has 1 unspecified atom stereocenters. The number of pyridine rings is 1. The number of aliphatic carboxylic acids is 1. The zero-order valence-corrected chi connectivity index (χ0v) is 20.3. The van der Waals surface area contributed by atoms with E-state index in [-0.39, 0.29) is 24.9 Å². The minimum absolute atomic E-state index is 0.0169. The Labute approximate surface area is 212 Å². The second kappa shape index (κ2) is 11.3. The number of hydrogen-bond donors (Lipinski definition) is 2. The van der Waals surface area contributed by atoms with Crippen molar-refractivity contribution in [2.45, 2.75) is 31.9 Å². The summed E-state index contributed by atoms with van der Waals surface area (Å²) in [5.74, 6) is -1.64. The number of aromatic nitrogens is 4. The van der Waals surface area contributed by atoms with E-state index in [4.69, 9.17) is 16.3 Å².